The summed E-state index contributed by atoms with van der Waals surface area (Å²) in [6.07, 6.45) is 6.05. The van der Waals surface area contributed by atoms with Crippen molar-refractivity contribution in [2.45, 2.75) is 12.8 Å². The quantitative estimate of drug-likeness (QED) is 0.637. The summed E-state index contributed by atoms with van der Waals surface area (Å²) < 4.78 is 0. The van der Waals surface area contributed by atoms with E-state index >= 15 is 0 Å². The highest BCUT2D eigenvalue weighted by atomic mass is 32.2. The van der Waals surface area contributed by atoms with Crippen molar-refractivity contribution in [3.05, 3.63) is 23.0 Å². The zero-order valence-corrected chi connectivity index (χ0v) is 7.52. The second kappa shape index (κ2) is 9.75. The van der Waals surface area contributed by atoms with Crippen LogP contribution in [0.15, 0.2) is 23.0 Å². The Hall–Kier alpha value is -0.250. The molecular formula is C8H16N2S. The van der Waals surface area contributed by atoms with Gasteiger partial charge >= 0.3 is 0 Å². The second-order valence-electron chi connectivity index (χ2n) is 2.03. The molecule has 0 radical (unpaired) electrons. The third kappa shape index (κ3) is 9.75. The molecule has 0 unspecified atom stereocenters. The van der Waals surface area contributed by atoms with Gasteiger partial charge in [-0.15, -0.1) is 11.8 Å². The van der Waals surface area contributed by atoms with Crippen LogP contribution < -0.4 is 11.5 Å². The number of rotatable bonds is 6. The summed E-state index contributed by atoms with van der Waals surface area (Å²) in [6.45, 7) is 1.45. The van der Waals surface area contributed by atoms with E-state index in [0.717, 1.165) is 25.9 Å². The number of hydrogen-bond acceptors (Lipinski definition) is 3. The minimum absolute atomic E-state index is 0.726. The molecule has 0 aromatic carbocycles. The fourth-order valence-electron chi connectivity index (χ4n) is 0.485. The van der Waals surface area contributed by atoms with Crippen LogP contribution in [-0.2, 0) is 0 Å². The van der Waals surface area contributed by atoms with E-state index in [-0.39, 0.29) is 0 Å². The summed E-state index contributed by atoms with van der Waals surface area (Å²) in [4.78, 5) is 0. The predicted molar refractivity (Wildman–Crippen MR) is 53.2 cm³/mol. The normalized spacial score (nSPS) is 11.8. The molecule has 64 valence electrons. The highest BCUT2D eigenvalue weighted by molar-refractivity contribution is 8.04. The number of nitrogens with two attached hydrogens (primary N) is 2. The first kappa shape index (κ1) is 10.8. The first-order chi connectivity index (χ1) is 5.41. The van der Waals surface area contributed by atoms with Crippen molar-refractivity contribution in [3.63, 3.8) is 0 Å². The maximum atomic E-state index is 5.30. The zero-order valence-electron chi connectivity index (χ0n) is 6.70. The Balaban J connectivity index is 3.11. The van der Waals surface area contributed by atoms with Crippen LogP contribution in [0.2, 0.25) is 0 Å². The Kier molecular flexibility index (Phi) is 9.53. The largest absolute Gasteiger partial charge is 0.330 e. The lowest BCUT2D eigenvalue weighted by Gasteiger charge is -1.85. The van der Waals surface area contributed by atoms with Crippen molar-refractivity contribution >= 4 is 11.8 Å². The average molecular weight is 172 g/mol. The van der Waals surface area contributed by atoms with E-state index in [0.29, 0.717) is 0 Å². The molecule has 0 amide bonds. The second-order valence-corrected chi connectivity index (χ2v) is 2.85. The highest BCUT2D eigenvalue weighted by Gasteiger charge is 1.74. The zero-order chi connectivity index (χ0) is 8.36. The Morgan fingerprint density at radius 1 is 0.909 bits per heavy atom. The van der Waals surface area contributed by atoms with E-state index in [1.165, 1.54) is 0 Å². The Morgan fingerprint density at radius 2 is 1.36 bits per heavy atom. The van der Waals surface area contributed by atoms with E-state index in [1.807, 2.05) is 10.8 Å². The van der Waals surface area contributed by atoms with Gasteiger partial charge in [-0.2, -0.15) is 0 Å². The Morgan fingerprint density at radius 3 is 1.73 bits per heavy atom. The smallest absolute Gasteiger partial charge is 0.00423 e. The van der Waals surface area contributed by atoms with Gasteiger partial charge < -0.3 is 11.5 Å². The SMILES string of the molecule is NCCC=CSC=CCCN. The lowest BCUT2D eigenvalue weighted by Crippen LogP contribution is -1.94. The molecule has 0 aromatic heterocycles. The van der Waals surface area contributed by atoms with Gasteiger partial charge in [-0.1, -0.05) is 12.2 Å². The van der Waals surface area contributed by atoms with E-state index in [9.17, 15) is 0 Å². The average Bonchev–Trinajstić information content (AvgIpc) is 2.03. The first-order valence-corrected chi connectivity index (χ1v) is 4.71. The standard InChI is InChI=1S/C8H16N2S/c9-5-1-3-7-11-8-4-2-6-10/h3-4,7-8H,1-2,5-6,9-10H2. The Labute approximate surface area is 72.7 Å². The van der Waals surface area contributed by atoms with Crippen molar-refractivity contribution in [2.24, 2.45) is 11.5 Å². The van der Waals surface area contributed by atoms with Crippen LogP contribution in [-0.4, -0.2) is 13.1 Å². The van der Waals surface area contributed by atoms with Crippen LogP contribution in [0.5, 0.6) is 0 Å². The maximum absolute atomic E-state index is 5.30. The molecule has 3 heteroatoms. The third-order valence-electron chi connectivity index (χ3n) is 1.02. The fraction of sp³-hybridized carbons (Fsp3) is 0.500. The molecule has 0 saturated carbocycles. The molecule has 4 N–H and O–H groups in total. The van der Waals surface area contributed by atoms with Crippen molar-refractivity contribution in [1.82, 2.24) is 0 Å². The lowest BCUT2D eigenvalue weighted by atomic mass is 10.4. The molecule has 0 aliphatic rings. The van der Waals surface area contributed by atoms with Gasteiger partial charge in [0.05, 0.1) is 0 Å². The molecule has 0 spiro atoms. The van der Waals surface area contributed by atoms with Crippen molar-refractivity contribution in [1.29, 1.82) is 0 Å². The van der Waals surface area contributed by atoms with Crippen molar-refractivity contribution in [3.8, 4) is 0 Å². The molecule has 0 aromatic rings. The van der Waals surface area contributed by atoms with Crippen LogP contribution in [0.3, 0.4) is 0 Å². The van der Waals surface area contributed by atoms with Crippen molar-refractivity contribution in [2.75, 3.05) is 13.1 Å². The molecule has 0 bridgehead atoms. The molecule has 0 fully saturated rings. The van der Waals surface area contributed by atoms with Gasteiger partial charge in [0, 0.05) is 0 Å². The van der Waals surface area contributed by atoms with E-state index in [1.54, 1.807) is 11.8 Å². The molecule has 11 heavy (non-hydrogen) atoms. The fourth-order valence-corrected chi connectivity index (χ4v) is 1.07. The summed E-state index contributed by atoms with van der Waals surface area (Å²) >= 11 is 1.66. The van der Waals surface area contributed by atoms with E-state index in [4.69, 9.17) is 11.5 Å². The van der Waals surface area contributed by atoms with Gasteiger partial charge in [0.2, 0.25) is 0 Å². The molecule has 0 atom stereocenters. The summed E-state index contributed by atoms with van der Waals surface area (Å²) in [5.41, 5.74) is 10.6. The molecule has 0 aliphatic carbocycles. The monoisotopic (exact) mass is 172 g/mol. The third-order valence-corrected chi connectivity index (χ3v) is 1.72. The molecule has 0 saturated heterocycles. The van der Waals surface area contributed by atoms with Gasteiger partial charge in [-0.3, -0.25) is 0 Å². The summed E-state index contributed by atoms with van der Waals surface area (Å²) in [6, 6.07) is 0. The predicted octanol–water partition coefficient (Wildman–Crippen LogP) is 1.44. The summed E-state index contributed by atoms with van der Waals surface area (Å²) in [5.74, 6) is 0. The topological polar surface area (TPSA) is 52.0 Å². The number of hydrogen-bond donors (Lipinski definition) is 2. The van der Waals surface area contributed by atoms with Crippen LogP contribution in [0.4, 0.5) is 0 Å². The highest BCUT2D eigenvalue weighted by Crippen LogP contribution is 2.04. The van der Waals surface area contributed by atoms with Gasteiger partial charge in [0.1, 0.15) is 0 Å². The van der Waals surface area contributed by atoms with Crippen LogP contribution in [0, 0.1) is 0 Å². The van der Waals surface area contributed by atoms with Gasteiger partial charge in [-0.25, -0.2) is 0 Å². The minimum atomic E-state index is 0.726. The molecule has 0 heterocycles. The summed E-state index contributed by atoms with van der Waals surface area (Å²) in [7, 11) is 0. The number of thioether (sulfide) groups is 1. The summed E-state index contributed by atoms with van der Waals surface area (Å²) in [5, 5.41) is 4.08. The van der Waals surface area contributed by atoms with E-state index in [2.05, 4.69) is 12.2 Å². The molecular weight excluding hydrogens is 156 g/mol. The molecule has 2 nitrogen and oxygen atoms in total. The van der Waals surface area contributed by atoms with Crippen LogP contribution in [0.1, 0.15) is 12.8 Å². The first-order valence-electron chi connectivity index (χ1n) is 3.77. The van der Waals surface area contributed by atoms with Crippen LogP contribution >= 0.6 is 11.8 Å². The van der Waals surface area contributed by atoms with Gasteiger partial charge in [-0.05, 0) is 36.7 Å². The maximum Gasteiger partial charge on any atom is -0.00423 e. The van der Waals surface area contributed by atoms with Crippen LogP contribution in [0.25, 0.3) is 0 Å². The Bertz CT molecular complexity index is 107. The van der Waals surface area contributed by atoms with Gasteiger partial charge in [0.15, 0.2) is 0 Å². The molecule has 0 aliphatic heterocycles. The minimum Gasteiger partial charge on any atom is -0.330 e. The molecule has 0 rings (SSSR count). The lowest BCUT2D eigenvalue weighted by molar-refractivity contribution is 1.01. The van der Waals surface area contributed by atoms with E-state index < -0.39 is 0 Å². The van der Waals surface area contributed by atoms with Crippen molar-refractivity contribution < 1.29 is 0 Å². The van der Waals surface area contributed by atoms with Gasteiger partial charge in [0.25, 0.3) is 0 Å².